The van der Waals surface area contributed by atoms with E-state index in [2.05, 4.69) is 49.1 Å². The average molecular weight is 591 g/mol. The summed E-state index contributed by atoms with van der Waals surface area (Å²) in [7, 11) is -2.26. The number of hydrogen-bond acceptors (Lipinski definition) is 8. The van der Waals surface area contributed by atoms with Crippen LogP contribution < -0.4 is 10.1 Å². The maximum atomic E-state index is 13.0. The molecule has 0 saturated carbocycles. The minimum Gasteiger partial charge on any atom is -0.489 e. The van der Waals surface area contributed by atoms with Crippen molar-refractivity contribution in [3.05, 3.63) is 42.2 Å². The molecule has 1 N–H and O–H groups in total. The molecule has 0 aliphatic carbocycles. The number of alkyl carbamates (subject to hydrolysis) is 1. The summed E-state index contributed by atoms with van der Waals surface area (Å²) in [6, 6.07) is 3.72. The van der Waals surface area contributed by atoms with Gasteiger partial charge in [-0.1, -0.05) is 20.8 Å². The van der Waals surface area contributed by atoms with Gasteiger partial charge in [0.2, 0.25) is 0 Å². The van der Waals surface area contributed by atoms with Crippen molar-refractivity contribution in [2.24, 2.45) is 0 Å². The lowest BCUT2D eigenvalue weighted by atomic mass is 10.2. The highest BCUT2D eigenvalue weighted by Crippen LogP contribution is 2.37. The Balaban J connectivity index is 1.96. The molecule has 0 bridgehead atoms. The lowest BCUT2D eigenvalue weighted by Gasteiger charge is -2.38. The smallest absolute Gasteiger partial charge is 0.407 e. The van der Waals surface area contributed by atoms with Crippen molar-refractivity contribution in [1.82, 2.24) is 19.9 Å². The van der Waals surface area contributed by atoms with Gasteiger partial charge in [-0.25, -0.2) is 14.6 Å². The fraction of sp³-hybridized carbons (Fsp3) is 0.667. The van der Waals surface area contributed by atoms with Gasteiger partial charge in [-0.05, 0) is 78.2 Å². The Bertz CT molecular complexity index is 1130. The summed E-state index contributed by atoms with van der Waals surface area (Å²) in [6.45, 7) is 22.8. The molecule has 1 atom stereocenters. The molecular formula is C30H50N4O6Si. The van der Waals surface area contributed by atoms with Crippen molar-refractivity contribution in [2.75, 3.05) is 13.2 Å². The van der Waals surface area contributed by atoms with E-state index in [0.717, 1.165) is 17.9 Å². The molecule has 2 rings (SSSR count). The van der Waals surface area contributed by atoms with Crippen LogP contribution >= 0.6 is 0 Å². The van der Waals surface area contributed by atoms with E-state index in [0.29, 0.717) is 25.3 Å². The Morgan fingerprint density at radius 2 is 1.63 bits per heavy atom. The molecule has 10 nitrogen and oxygen atoms in total. The Labute approximate surface area is 246 Å². The van der Waals surface area contributed by atoms with Gasteiger partial charge in [0.25, 0.3) is 0 Å². The molecule has 2 aromatic heterocycles. The van der Waals surface area contributed by atoms with E-state index < -0.39 is 37.7 Å². The SMILES string of the molecule is CC(C)(C)OC(=O)NCCCn1ccnc1Cc1ccc(OCC(O[Si](C)(C)C(C)(C)C)C(=O)OC(C)(C)C)cn1. The largest absolute Gasteiger partial charge is 0.489 e. The van der Waals surface area contributed by atoms with Gasteiger partial charge in [-0.15, -0.1) is 0 Å². The molecule has 1 unspecified atom stereocenters. The summed E-state index contributed by atoms with van der Waals surface area (Å²) in [5.74, 6) is 0.980. The molecule has 0 aromatic carbocycles. The monoisotopic (exact) mass is 590 g/mol. The van der Waals surface area contributed by atoms with Gasteiger partial charge in [-0.3, -0.25) is 4.98 Å². The Hall–Kier alpha value is -2.92. The van der Waals surface area contributed by atoms with Crippen molar-refractivity contribution in [3.63, 3.8) is 0 Å². The van der Waals surface area contributed by atoms with Crippen LogP contribution in [0.15, 0.2) is 30.7 Å². The number of rotatable bonds is 12. The fourth-order valence-electron chi connectivity index (χ4n) is 3.45. The molecular weight excluding hydrogens is 540 g/mol. The van der Waals surface area contributed by atoms with E-state index in [1.165, 1.54) is 0 Å². The molecule has 11 heteroatoms. The predicted molar refractivity (Wildman–Crippen MR) is 162 cm³/mol. The van der Waals surface area contributed by atoms with Crippen LogP contribution in [0.4, 0.5) is 4.79 Å². The topological polar surface area (TPSA) is 114 Å². The van der Waals surface area contributed by atoms with Crippen LogP contribution in [-0.2, 0) is 31.7 Å². The highest BCUT2D eigenvalue weighted by Gasteiger charge is 2.42. The van der Waals surface area contributed by atoms with Gasteiger partial charge in [-0.2, -0.15) is 0 Å². The van der Waals surface area contributed by atoms with E-state index >= 15 is 0 Å². The molecule has 41 heavy (non-hydrogen) atoms. The average Bonchev–Trinajstić information content (AvgIpc) is 3.24. The van der Waals surface area contributed by atoms with Crippen LogP contribution in [0.2, 0.25) is 18.1 Å². The maximum Gasteiger partial charge on any atom is 0.407 e. The van der Waals surface area contributed by atoms with Gasteiger partial charge < -0.3 is 28.5 Å². The number of carbonyl (C=O) groups excluding carboxylic acids is 2. The molecule has 0 aliphatic rings. The molecule has 2 aromatic rings. The highest BCUT2D eigenvalue weighted by atomic mass is 28.4. The summed E-state index contributed by atoms with van der Waals surface area (Å²) < 4.78 is 25.3. The van der Waals surface area contributed by atoms with Crippen LogP contribution in [0.1, 0.15) is 80.3 Å². The van der Waals surface area contributed by atoms with E-state index in [1.807, 2.05) is 64.4 Å². The predicted octanol–water partition coefficient (Wildman–Crippen LogP) is 5.89. The number of hydrogen-bond donors (Lipinski definition) is 1. The van der Waals surface area contributed by atoms with Crippen molar-refractivity contribution >= 4 is 20.4 Å². The molecule has 1 amide bonds. The normalized spacial score (nSPS) is 13.4. The third kappa shape index (κ3) is 12.2. The first kappa shape index (κ1) is 34.3. The van der Waals surface area contributed by atoms with E-state index in [9.17, 15) is 9.59 Å². The van der Waals surface area contributed by atoms with Crippen LogP contribution in [0, 0.1) is 0 Å². The molecule has 0 radical (unpaired) electrons. The molecule has 2 heterocycles. The number of pyridine rings is 1. The van der Waals surface area contributed by atoms with Gasteiger partial charge >= 0.3 is 12.1 Å². The van der Waals surface area contributed by atoms with E-state index in [-0.39, 0.29) is 11.6 Å². The second kappa shape index (κ2) is 13.8. The first-order chi connectivity index (χ1) is 18.8. The molecule has 0 saturated heterocycles. The number of nitrogens with one attached hydrogen (secondary N) is 1. The first-order valence-corrected chi connectivity index (χ1v) is 17.1. The quantitative estimate of drug-likeness (QED) is 0.185. The number of imidazole rings is 1. The van der Waals surface area contributed by atoms with E-state index in [4.69, 9.17) is 18.6 Å². The Kier molecular flexibility index (Phi) is 11.6. The maximum absolute atomic E-state index is 13.0. The second-order valence-electron chi connectivity index (χ2n) is 13.7. The number of nitrogens with zero attached hydrogens (tertiary/aromatic N) is 3. The second-order valence-corrected chi connectivity index (χ2v) is 18.4. The standard InChI is InChI=1S/C30H50N4O6Si/c1-28(2,3)38-26(35)24(40-41(10,11)30(7,8)9)21-37-23-14-13-22(33-20-23)19-25-31-16-18-34(25)17-12-15-32-27(36)39-29(4,5)6/h13-14,16,18,20,24H,12,15,17,19,21H2,1-11H3,(H,32,36). The van der Waals surface area contributed by atoms with Crippen LogP contribution in [0.3, 0.4) is 0 Å². The number of ether oxygens (including phenoxy) is 3. The summed E-state index contributed by atoms with van der Waals surface area (Å²) in [5.41, 5.74) is -0.318. The summed E-state index contributed by atoms with van der Waals surface area (Å²) in [4.78, 5) is 33.8. The van der Waals surface area contributed by atoms with Crippen LogP contribution in [0.25, 0.3) is 0 Å². The van der Waals surface area contributed by atoms with Crippen LogP contribution in [-0.4, -0.2) is 65.4 Å². The minimum absolute atomic E-state index is 0.0319. The minimum atomic E-state index is -2.26. The van der Waals surface area contributed by atoms with Crippen molar-refractivity contribution in [2.45, 2.75) is 117 Å². The third-order valence-corrected chi connectivity index (χ3v) is 11.0. The zero-order valence-corrected chi connectivity index (χ0v) is 27.8. The molecule has 230 valence electrons. The van der Waals surface area contributed by atoms with Gasteiger partial charge in [0, 0.05) is 37.6 Å². The van der Waals surface area contributed by atoms with Crippen molar-refractivity contribution < 1.29 is 28.2 Å². The number of aryl methyl sites for hydroxylation is 1. The number of carbonyl (C=O) groups is 2. The summed E-state index contributed by atoms with van der Waals surface area (Å²) >= 11 is 0. The molecule has 0 fully saturated rings. The number of aromatic nitrogens is 3. The zero-order valence-electron chi connectivity index (χ0n) is 26.8. The van der Waals surface area contributed by atoms with E-state index in [1.54, 1.807) is 12.4 Å². The third-order valence-electron chi connectivity index (χ3n) is 6.50. The highest BCUT2D eigenvalue weighted by molar-refractivity contribution is 6.74. The summed E-state index contributed by atoms with van der Waals surface area (Å²) in [6.07, 6.45) is 5.34. The lowest BCUT2D eigenvalue weighted by Crippen LogP contribution is -2.49. The lowest BCUT2D eigenvalue weighted by molar-refractivity contribution is -0.165. The summed E-state index contributed by atoms with van der Waals surface area (Å²) in [5, 5.41) is 2.70. The first-order valence-electron chi connectivity index (χ1n) is 14.2. The fourth-order valence-corrected chi connectivity index (χ4v) is 4.68. The number of esters is 1. The zero-order chi connectivity index (χ0) is 31.1. The van der Waals surface area contributed by atoms with Crippen LogP contribution in [0.5, 0.6) is 5.75 Å². The molecule has 0 aliphatic heterocycles. The Morgan fingerprint density at radius 1 is 0.976 bits per heavy atom. The number of amides is 1. The van der Waals surface area contributed by atoms with Crippen molar-refractivity contribution in [1.29, 1.82) is 0 Å². The van der Waals surface area contributed by atoms with Crippen molar-refractivity contribution in [3.8, 4) is 5.75 Å². The van der Waals surface area contributed by atoms with Gasteiger partial charge in [0.05, 0.1) is 6.20 Å². The molecule has 0 spiro atoms. The van der Waals surface area contributed by atoms with Gasteiger partial charge in [0.1, 0.15) is 29.4 Å². The van der Waals surface area contributed by atoms with Gasteiger partial charge in [0.15, 0.2) is 14.4 Å². The Morgan fingerprint density at radius 3 is 2.20 bits per heavy atom.